The number of hydrogen-bond acceptors (Lipinski definition) is 4. The van der Waals surface area contributed by atoms with E-state index in [4.69, 9.17) is 4.42 Å². The molecule has 4 nitrogen and oxygen atoms in total. The molecule has 1 aromatic heterocycles. The van der Waals surface area contributed by atoms with Gasteiger partial charge in [0, 0.05) is 6.54 Å². The Kier molecular flexibility index (Phi) is 3.31. The van der Waals surface area contributed by atoms with Gasteiger partial charge in [0.05, 0.1) is 6.54 Å². The van der Waals surface area contributed by atoms with E-state index in [1.165, 1.54) is 12.0 Å². The minimum absolute atomic E-state index is 0.477. The highest BCUT2D eigenvalue weighted by atomic mass is 16.3. The molecule has 0 saturated carbocycles. The second-order valence-electron chi connectivity index (χ2n) is 3.83. The predicted molar refractivity (Wildman–Crippen MR) is 61.3 cm³/mol. The van der Waals surface area contributed by atoms with Crippen molar-refractivity contribution in [2.45, 2.75) is 6.42 Å². The molecule has 1 aromatic carbocycles. The zero-order valence-electron chi connectivity index (χ0n) is 9.22. The number of carbonyl (C=O) groups is 1. The van der Waals surface area contributed by atoms with Gasteiger partial charge in [0.2, 0.25) is 0 Å². The molecule has 0 spiro atoms. The fraction of sp³-hybridized carbons (Fsp3) is 0.333. The van der Waals surface area contributed by atoms with Gasteiger partial charge in [-0.3, -0.25) is 4.90 Å². The molecule has 16 heavy (non-hydrogen) atoms. The molecule has 1 heterocycles. The summed E-state index contributed by atoms with van der Waals surface area (Å²) in [6.45, 7) is 1.34. The van der Waals surface area contributed by atoms with Crippen LogP contribution in [-0.2, 0) is 11.2 Å². The first-order chi connectivity index (χ1) is 7.79. The number of rotatable bonds is 5. The second-order valence-corrected chi connectivity index (χ2v) is 3.83. The molecule has 2 aromatic rings. The van der Waals surface area contributed by atoms with Gasteiger partial charge in [-0.15, -0.1) is 0 Å². The molecule has 0 fully saturated rings. The van der Waals surface area contributed by atoms with E-state index in [9.17, 15) is 4.79 Å². The van der Waals surface area contributed by atoms with E-state index < -0.39 is 0 Å². The molecular weight excluding hydrogens is 204 g/mol. The highest BCUT2D eigenvalue weighted by Crippen LogP contribution is 2.14. The van der Waals surface area contributed by atoms with Gasteiger partial charge in [0.25, 0.3) is 0 Å². The van der Waals surface area contributed by atoms with Crippen LogP contribution in [0.5, 0.6) is 0 Å². The lowest BCUT2D eigenvalue weighted by Crippen LogP contribution is -2.23. The average molecular weight is 218 g/mol. The van der Waals surface area contributed by atoms with Crippen LogP contribution in [0, 0.1) is 0 Å². The number of fused-ring (bicyclic) bond motifs is 1. The van der Waals surface area contributed by atoms with E-state index in [1.54, 1.807) is 0 Å². The average Bonchev–Trinajstić information content (AvgIpc) is 2.74. The van der Waals surface area contributed by atoms with Crippen molar-refractivity contribution in [3.63, 3.8) is 0 Å². The molecule has 0 amide bonds. The molecule has 4 heteroatoms. The number of aromatic nitrogens is 1. The largest absolute Gasteiger partial charge is 0.443 e. The van der Waals surface area contributed by atoms with Gasteiger partial charge in [-0.25, -0.2) is 4.98 Å². The molecule has 2 rings (SSSR count). The zero-order chi connectivity index (χ0) is 11.4. The molecule has 0 radical (unpaired) electrons. The molecule has 0 N–H and O–H groups in total. The van der Waals surface area contributed by atoms with Gasteiger partial charge in [-0.1, -0.05) is 6.07 Å². The third-order valence-electron chi connectivity index (χ3n) is 2.56. The lowest BCUT2D eigenvalue weighted by atomic mass is 10.1. The number of carbonyl (C=O) groups excluding carboxylic acids is 1. The fourth-order valence-electron chi connectivity index (χ4n) is 1.59. The lowest BCUT2D eigenvalue weighted by Gasteiger charge is -2.12. The van der Waals surface area contributed by atoms with E-state index in [-0.39, 0.29) is 0 Å². The van der Waals surface area contributed by atoms with Crippen LogP contribution in [0.3, 0.4) is 0 Å². The molecule has 84 valence electrons. The van der Waals surface area contributed by atoms with Gasteiger partial charge in [0.1, 0.15) is 11.8 Å². The van der Waals surface area contributed by atoms with Crippen molar-refractivity contribution in [2.24, 2.45) is 0 Å². The van der Waals surface area contributed by atoms with Crippen molar-refractivity contribution < 1.29 is 9.21 Å². The summed E-state index contributed by atoms with van der Waals surface area (Å²) >= 11 is 0. The minimum atomic E-state index is 0.477. The Morgan fingerprint density at radius 2 is 2.38 bits per heavy atom. The van der Waals surface area contributed by atoms with Crippen LogP contribution in [0.1, 0.15) is 5.56 Å². The first-order valence-electron chi connectivity index (χ1n) is 5.24. The molecule has 0 atom stereocenters. The number of oxazole rings is 1. The van der Waals surface area contributed by atoms with Crippen LogP contribution in [0.2, 0.25) is 0 Å². The van der Waals surface area contributed by atoms with Crippen molar-refractivity contribution >= 4 is 17.4 Å². The van der Waals surface area contributed by atoms with Gasteiger partial charge in [-0.05, 0) is 31.2 Å². The summed E-state index contributed by atoms with van der Waals surface area (Å²) in [4.78, 5) is 16.3. The summed E-state index contributed by atoms with van der Waals surface area (Å²) in [6, 6.07) is 5.99. The predicted octanol–water partition coefficient (Wildman–Crippen LogP) is 1.50. The van der Waals surface area contributed by atoms with Crippen LogP contribution in [0.25, 0.3) is 11.1 Å². The highest BCUT2D eigenvalue weighted by Gasteiger charge is 2.02. The third-order valence-corrected chi connectivity index (χ3v) is 2.56. The summed E-state index contributed by atoms with van der Waals surface area (Å²) in [5, 5.41) is 0. The maximum atomic E-state index is 10.3. The second kappa shape index (κ2) is 4.90. The normalized spacial score (nSPS) is 11.1. The fourth-order valence-corrected chi connectivity index (χ4v) is 1.59. The van der Waals surface area contributed by atoms with Crippen LogP contribution < -0.4 is 0 Å². The van der Waals surface area contributed by atoms with Crippen LogP contribution in [0.4, 0.5) is 0 Å². The topological polar surface area (TPSA) is 46.3 Å². The third kappa shape index (κ3) is 2.46. The van der Waals surface area contributed by atoms with Crippen LogP contribution in [0.15, 0.2) is 29.0 Å². The smallest absolute Gasteiger partial charge is 0.181 e. The molecular formula is C12H14N2O2. The van der Waals surface area contributed by atoms with Gasteiger partial charge in [-0.2, -0.15) is 0 Å². The molecule has 0 aliphatic rings. The number of benzene rings is 1. The molecule has 0 bridgehead atoms. The Morgan fingerprint density at radius 1 is 1.50 bits per heavy atom. The Labute approximate surface area is 93.9 Å². The number of nitrogens with zero attached hydrogens (tertiary/aromatic N) is 2. The van der Waals surface area contributed by atoms with Gasteiger partial charge < -0.3 is 9.21 Å². The first-order valence-corrected chi connectivity index (χ1v) is 5.24. The van der Waals surface area contributed by atoms with Crippen molar-refractivity contribution in [3.05, 3.63) is 30.2 Å². The van der Waals surface area contributed by atoms with E-state index in [0.717, 1.165) is 30.4 Å². The van der Waals surface area contributed by atoms with Crippen molar-refractivity contribution in [2.75, 3.05) is 20.1 Å². The van der Waals surface area contributed by atoms with Crippen molar-refractivity contribution in [3.8, 4) is 0 Å². The molecule has 0 unspecified atom stereocenters. The SMILES string of the molecule is CN(CC=O)CCc1ccc2ncoc2c1. The Bertz CT molecular complexity index is 479. The number of likely N-dealkylation sites (N-methyl/N-ethyl adjacent to an activating group) is 1. The summed E-state index contributed by atoms with van der Waals surface area (Å²) in [5.41, 5.74) is 2.89. The van der Waals surface area contributed by atoms with E-state index >= 15 is 0 Å². The number of hydrogen-bond donors (Lipinski definition) is 0. The summed E-state index contributed by atoms with van der Waals surface area (Å²) in [5.74, 6) is 0. The van der Waals surface area contributed by atoms with Crippen molar-refractivity contribution in [1.29, 1.82) is 0 Å². The van der Waals surface area contributed by atoms with Gasteiger partial charge >= 0.3 is 0 Å². The lowest BCUT2D eigenvalue weighted by molar-refractivity contribution is -0.108. The van der Waals surface area contributed by atoms with E-state index in [1.807, 2.05) is 30.1 Å². The summed E-state index contributed by atoms with van der Waals surface area (Å²) in [6.07, 6.45) is 3.27. The standard InChI is InChI=1S/C12H14N2O2/c1-14(6-7-15)5-4-10-2-3-11-12(8-10)16-9-13-11/h2-3,7-9H,4-6H2,1H3. The maximum absolute atomic E-state index is 10.3. The van der Waals surface area contributed by atoms with Crippen LogP contribution in [-0.4, -0.2) is 36.3 Å². The minimum Gasteiger partial charge on any atom is -0.443 e. The van der Waals surface area contributed by atoms with E-state index in [0.29, 0.717) is 6.54 Å². The van der Waals surface area contributed by atoms with Crippen molar-refractivity contribution in [1.82, 2.24) is 9.88 Å². The zero-order valence-corrected chi connectivity index (χ0v) is 9.22. The molecule has 0 aliphatic carbocycles. The summed E-state index contributed by atoms with van der Waals surface area (Å²) in [7, 11) is 1.93. The van der Waals surface area contributed by atoms with E-state index in [2.05, 4.69) is 4.98 Å². The maximum Gasteiger partial charge on any atom is 0.181 e. The highest BCUT2D eigenvalue weighted by molar-refractivity contribution is 5.72. The summed E-state index contributed by atoms with van der Waals surface area (Å²) < 4.78 is 5.23. The monoisotopic (exact) mass is 218 g/mol. The quantitative estimate of drug-likeness (QED) is 0.713. The molecule has 0 aliphatic heterocycles. The Morgan fingerprint density at radius 3 is 3.19 bits per heavy atom. The Hall–Kier alpha value is -1.68. The molecule has 0 saturated heterocycles. The van der Waals surface area contributed by atoms with Crippen LogP contribution >= 0.6 is 0 Å². The Balaban J connectivity index is 2.01. The first kappa shape index (κ1) is 10.8. The number of aldehydes is 1. The van der Waals surface area contributed by atoms with Gasteiger partial charge in [0.15, 0.2) is 12.0 Å².